The van der Waals surface area contributed by atoms with E-state index in [-0.39, 0.29) is 0 Å². The van der Waals surface area contributed by atoms with Crippen LogP contribution in [0.25, 0.3) is 0 Å². The molecule has 0 aliphatic carbocycles. The maximum atomic E-state index is 3.44. The Hall–Kier alpha value is -1.02. The number of fused-ring (bicyclic) bond motifs is 1. The molecule has 2 heteroatoms. The van der Waals surface area contributed by atoms with Crippen molar-refractivity contribution in [1.29, 1.82) is 0 Å². The average molecular weight is 232 g/mol. The lowest BCUT2D eigenvalue weighted by molar-refractivity contribution is 0.582. The van der Waals surface area contributed by atoms with Crippen molar-refractivity contribution in [3.05, 3.63) is 29.3 Å². The Labute approximate surface area is 105 Å². The molecule has 2 rings (SSSR count). The van der Waals surface area contributed by atoms with Gasteiger partial charge in [0.1, 0.15) is 0 Å². The zero-order valence-corrected chi connectivity index (χ0v) is 11.3. The van der Waals surface area contributed by atoms with Crippen molar-refractivity contribution >= 4 is 5.69 Å². The van der Waals surface area contributed by atoms with Crippen molar-refractivity contribution in [3.63, 3.8) is 0 Å². The second kappa shape index (κ2) is 5.54. The third-order valence-electron chi connectivity index (χ3n) is 3.57. The van der Waals surface area contributed by atoms with E-state index in [9.17, 15) is 0 Å². The number of hydrogen-bond donors (Lipinski definition) is 1. The molecule has 1 heterocycles. The van der Waals surface area contributed by atoms with Crippen LogP contribution in [0.1, 0.15) is 31.4 Å². The Morgan fingerprint density at radius 2 is 2.18 bits per heavy atom. The van der Waals surface area contributed by atoms with Crippen molar-refractivity contribution < 1.29 is 0 Å². The molecule has 17 heavy (non-hydrogen) atoms. The summed E-state index contributed by atoms with van der Waals surface area (Å²) >= 11 is 0. The van der Waals surface area contributed by atoms with Gasteiger partial charge in [0.2, 0.25) is 0 Å². The highest BCUT2D eigenvalue weighted by Crippen LogP contribution is 2.26. The highest BCUT2D eigenvalue weighted by Gasteiger charge is 2.14. The van der Waals surface area contributed by atoms with E-state index in [0.717, 1.165) is 32.0 Å². The van der Waals surface area contributed by atoms with Crippen molar-refractivity contribution in [2.75, 3.05) is 25.0 Å². The topological polar surface area (TPSA) is 15.3 Å². The van der Waals surface area contributed by atoms with Crippen molar-refractivity contribution in [2.24, 2.45) is 5.92 Å². The minimum absolute atomic E-state index is 0.777. The SMILES string of the molecule is CC(C)CCN(C)c1cccc2c1CCNC2. The molecule has 1 aliphatic heterocycles. The smallest absolute Gasteiger partial charge is 0.0399 e. The first-order chi connectivity index (χ1) is 8.18. The first kappa shape index (κ1) is 12.4. The minimum Gasteiger partial charge on any atom is -0.374 e. The van der Waals surface area contributed by atoms with Crippen LogP contribution in [0.3, 0.4) is 0 Å². The Kier molecular flexibility index (Phi) is 4.06. The molecule has 94 valence electrons. The van der Waals surface area contributed by atoms with Gasteiger partial charge in [-0.15, -0.1) is 0 Å². The van der Waals surface area contributed by atoms with Crippen LogP contribution >= 0.6 is 0 Å². The molecule has 0 saturated heterocycles. The number of anilines is 1. The lowest BCUT2D eigenvalue weighted by atomic mass is 9.98. The second-order valence-corrected chi connectivity index (χ2v) is 5.45. The summed E-state index contributed by atoms with van der Waals surface area (Å²) in [5.41, 5.74) is 4.47. The third-order valence-corrected chi connectivity index (χ3v) is 3.57. The van der Waals surface area contributed by atoms with Gasteiger partial charge < -0.3 is 10.2 Å². The summed E-state index contributed by atoms with van der Waals surface area (Å²) in [6.45, 7) is 7.88. The van der Waals surface area contributed by atoms with E-state index in [1.54, 1.807) is 5.56 Å². The highest BCUT2D eigenvalue weighted by atomic mass is 15.1. The maximum Gasteiger partial charge on any atom is 0.0399 e. The molecule has 1 aromatic carbocycles. The van der Waals surface area contributed by atoms with Crippen LogP contribution in [0, 0.1) is 5.92 Å². The van der Waals surface area contributed by atoms with Crippen LogP contribution in [-0.4, -0.2) is 20.1 Å². The minimum atomic E-state index is 0.777. The second-order valence-electron chi connectivity index (χ2n) is 5.45. The van der Waals surface area contributed by atoms with E-state index in [4.69, 9.17) is 0 Å². The number of hydrogen-bond acceptors (Lipinski definition) is 2. The van der Waals surface area contributed by atoms with Gasteiger partial charge in [0.15, 0.2) is 0 Å². The molecule has 0 spiro atoms. The van der Waals surface area contributed by atoms with Crippen LogP contribution in [0.2, 0.25) is 0 Å². The predicted octanol–water partition coefficient (Wildman–Crippen LogP) is 2.81. The molecule has 0 unspecified atom stereocenters. The maximum absolute atomic E-state index is 3.44. The molecule has 1 N–H and O–H groups in total. The molecule has 0 aromatic heterocycles. The Morgan fingerprint density at radius 1 is 1.35 bits per heavy atom. The van der Waals surface area contributed by atoms with Crippen LogP contribution in [0.5, 0.6) is 0 Å². The van der Waals surface area contributed by atoms with Gasteiger partial charge in [0.05, 0.1) is 0 Å². The highest BCUT2D eigenvalue weighted by molar-refractivity contribution is 5.57. The summed E-state index contributed by atoms with van der Waals surface area (Å²) < 4.78 is 0. The summed E-state index contributed by atoms with van der Waals surface area (Å²) in [6, 6.07) is 6.71. The third kappa shape index (κ3) is 3.01. The van der Waals surface area contributed by atoms with Crippen LogP contribution < -0.4 is 10.2 Å². The molecule has 0 amide bonds. The standard InChI is InChI=1S/C15H24N2/c1-12(2)8-10-17(3)15-6-4-5-13-11-16-9-7-14(13)15/h4-6,12,16H,7-11H2,1-3H3. The summed E-state index contributed by atoms with van der Waals surface area (Å²) in [4.78, 5) is 2.42. The fourth-order valence-electron chi connectivity index (χ4n) is 2.44. The number of rotatable bonds is 4. The molecule has 0 atom stereocenters. The largest absolute Gasteiger partial charge is 0.374 e. The summed E-state index contributed by atoms with van der Waals surface area (Å²) in [5, 5.41) is 3.44. The van der Waals surface area contributed by atoms with Gasteiger partial charge in [-0.05, 0) is 42.5 Å². The number of nitrogens with zero attached hydrogens (tertiary/aromatic N) is 1. The van der Waals surface area contributed by atoms with E-state index in [0.29, 0.717) is 0 Å². The average Bonchev–Trinajstić information content (AvgIpc) is 2.35. The van der Waals surface area contributed by atoms with Crippen molar-refractivity contribution in [1.82, 2.24) is 5.32 Å². The number of benzene rings is 1. The van der Waals surface area contributed by atoms with Crippen LogP contribution in [0.15, 0.2) is 18.2 Å². The van der Waals surface area contributed by atoms with Gasteiger partial charge >= 0.3 is 0 Å². The van der Waals surface area contributed by atoms with Crippen molar-refractivity contribution in [3.8, 4) is 0 Å². The molecular formula is C15H24N2. The summed E-state index contributed by atoms with van der Waals surface area (Å²) in [6.07, 6.45) is 2.43. The number of nitrogens with one attached hydrogen (secondary N) is 1. The Morgan fingerprint density at radius 3 is 2.94 bits per heavy atom. The van der Waals surface area contributed by atoms with Crippen molar-refractivity contribution in [2.45, 2.75) is 33.2 Å². The molecule has 1 aliphatic rings. The monoisotopic (exact) mass is 232 g/mol. The molecular weight excluding hydrogens is 208 g/mol. The Balaban J connectivity index is 2.14. The van der Waals surface area contributed by atoms with E-state index in [1.165, 1.54) is 17.7 Å². The zero-order chi connectivity index (χ0) is 12.3. The van der Waals surface area contributed by atoms with E-state index in [1.807, 2.05) is 0 Å². The lowest BCUT2D eigenvalue weighted by Gasteiger charge is -2.27. The molecule has 0 fully saturated rings. The van der Waals surface area contributed by atoms with Gasteiger partial charge in [0.25, 0.3) is 0 Å². The first-order valence-electron chi connectivity index (χ1n) is 6.71. The van der Waals surface area contributed by atoms with E-state index >= 15 is 0 Å². The van der Waals surface area contributed by atoms with Crippen LogP contribution in [-0.2, 0) is 13.0 Å². The molecule has 2 nitrogen and oxygen atoms in total. The fourth-order valence-corrected chi connectivity index (χ4v) is 2.44. The fraction of sp³-hybridized carbons (Fsp3) is 0.600. The lowest BCUT2D eigenvalue weighted by Crippen LogP contribution is -2.27. The normalized spacial score (nSPS) is 14.8. The predicted molar refractivity (Wildman–Crippen MR) is 74.6 cm³/mol. The summed E-state index contributed by atoms with van der Waals surface area (Å²) in [5.74, 6) is 0.777. The van der Waals surface area contributed by atoms with Gasteiger partial charge in [-0.1, -0.05) is 26.0 Å². The first-order valence-corrected chi connectivity index (χ1v) is 6.71. The summed E-state index contributed by atoms with van der Waals surface area (Å²) in [7, 11) is 2.22. The molecule has 1 aromatic rings. The molecule has 0 bridgehead atoms. The van der Waals surface area contributed by atoms with E-state index < -0.39 is 0 Å². The molecule has 0 radical (unpaired) electrons. The van der Waals surface area contributed by atoms with E-state index in [2.05, 4.69) is 49.3 Å². The van der Waals surface area contributed by atoms with Gasteiger partial charge in [-0.25, -0.2) is 0 Å². The quantitative estimate of drug-likeness (QED) is 0.858. The zero-order valence-electron chi connectivity index (χ0n) is 11.3. The Bertz CT molecular complexity index is 371. The van der Waals surface area contributed by atoms with Crippen LogP contribution in [0.4, 0.5) is 5.69 Å². The van der Waals surface area contributed by atoms with Gasteiger partial charge in [0, 0.05) is 25.8 Å². The molecule has 0 saturated carbocycles. The van der Waals surface area contributed by atoms with Gasteiger partial charge in [-0.3, -0.25) is 0 Å². The van der Waals surface area contributed by atoms with Gasteiger partial charge in [-0.2, -0.15) is 0 Å².